The number of hydrogen-bond acceptors (Lipinski definition) is 5. The first-order valence-electron chi connectivity index (χ1n) is 9.13. The van der Waals surface area contributed by atoms with Gasteiger partial charge in [0.05, 0.1) is 9.85 Å². The minimum absolute atomic E-state index is 0.0581. The van der Waals surface area contributed by atoms with Crippen LogP contribution in [0.25, 0.3) is 0 Å². The first-order valence-corrected chi connectivity index (χ1v) is 9.13. The Morgan fingerprint density at radius 3 is 1.41 bits per heavy atom. The highest BCUT2D eigenvalue weighted by molar-refractivity contribution is 5.59. The second kappa shape index (κ2) is 8.52. The zero-order chi connectivity index (χ0) is 21.0. The Balaban J connectivity index is 1.93. The van der Waals surface area contributed by atoms with Gasteiger partial charge in [-0.2, -0.15) is 0 Å². The molecule has 0 saturated carbocycles. The van der Waals surface area contributed by atoms with Gasteiger partial charge in [-0.05, 0) is 36.1 Å². The van der Waals surface area contributed by atoms with E-state index in [1.54, 1.807) is 24.3 Å². The quantitative estimate of drug-likeness (QED) is 0.401. The number of rotatable bonds is 7. The number of aryl methyl sites for hydroxylation is 2. The average Bonchev–Trinajstić information content (AvgIpc) is 2.68. The molecule has 0 unspecified atom stereocenters. The van der Waals surface area contributed by atoms with E-state index in [1.807, 2.05) is 32.0 Å². The molecule has 0 aliphatic rings. The van der Waals surface area contributed by atoms with E-state index >= 15 is 0 Å². The summed E-state index contributed by atoms with van der Waals surface area (Å²) in [5.74, 6) is 0. The molecule has 0 atom stereocenters. The van der Waals surface area contributed by atoms with E-state index in [4.69, 9.17) is 0 Å². The SMILES string of the molecule is Cc1cccc(C)c1N(Cc1ccc([N+](=O)[O-])cc1)Cc1ccc([N+](=O)[O-])cc1. The lowest BCUT2D eigenvalue weighted by atomic mass is 10.1. The molecule has 0 heterocycles. The Labute approximate surface area is 168 Å². The molecule has 7 heteroatoms. The van der Waals surface area contributed by atoms with Gasteiger partial charge in [0.15, 0.2) is 0 Å². The summed E-state index contributed by atoms with van der Waals surface area (Å²) in [6.07, 6.45) is 0. The standard InChI is InChI=1S/C22H21N3O4/c1-16-4-3-5-17(2)22(16)23(14-18-6-10-20(11-7-18)24(26)27)15-19-8-12-21(13-9-19)25(28)29/h3-13H,14-15H2,1-2H3. The van der Waals surface area contributed by atoms with Crippen LogP contribution in [-0.2, 0) is 13.1 Å². The van der Waals surface area contributed by atoms with Crippen molar-refractivity contribution in [2.45, 2.75) is 26.9 Å². The molecule has 3 aromatic carbocycles. The van der Waals surface area contributed by atoms with E-state index in [-0.39, 0.29) is 11.4 Å². The third-order valence-electron chi connectivity index (χ3n) is 4.80. The molecule has 0 saturated heterocycles. The van der Waals surface area contributed by atoms with E-state index in [1.165, 1.54) is 24.3 Å². The fraction of sp³-hybridized carbons (Fsp3) is 0.182. The monoisotopic (exact) mass is 391 g/mol. The maximum Gasteiger partial charge on any atom is 0.269 e. The lowest BCUT2D eigenvalue weighted by molar-refractivity contribution is -0.385. The van der Waals surface area contributed by atoms with Crippen LogP contribution < -0.4 is 4.90 Å². The number of hydrogen-bond donors (Lipinski definition) is 0. The second-order valence-electron chi connectivity index (χ2n) is 6.94. The van der Waals surface area contributed by atoms with Crippen LogP contribution in [0.15, 0.2) is 66.7 Å². The first-order chi connectivity index (χ1) is 13.8. The lowest BCUT2D eigenvalue weighted by Crippen LogP contribution is -2.24. The number of para-hydroxylation sites is 1. The maximum absolute atomic E-state index is 10.9. The molecule has 148 valence electrons. The van der Waals surface area contributed by atoms with Gasteiger partial charge in [-0.1, -0.05) is 42.5 Å². The topological polar surface area (TPSA) is 89.5 Å². The molecule has 0 fully saturated rings. The van der Waals surface area contributed by atoms with Gasteiger partial charge in [-0.15, -0.1) is 0 Å². The molecule has 0 aliphatic carbocycles. The zero-order valence-corrected chi connectivity index (χ0v) is 16.2. The van der Waals surface area contributed by atoms with Crippen LogP contribution in [0.3, 0.4) is 0 Å². The van der Waals surface area contributed by atoms with Crippen LogP contribution in [0.5, 0.6) is 0 Å². The molecule has 3 rings (SSSR count). The van der Waals surface area contributed by atoms with E-state index in [0.717, 1.165) is 27.9 Å². The summed E-state index contributed by atoms with van der Waals surface area (Å²) >= 11 is 0. The fourth-order valence-electron chi connectivity index (χ4n) is 3.41. The number of nitro benzene ring substituents is 2. The van der Waals surface area contributed by atoms with Crippen LogP contribution in [-0.4, -0.2) is 9.85 Å². The summed E-state index contributed by atoms with van der Waals surface area (Å²) in [4.78, 5) is 23.2. The predicted octanol–water partition coefficient (Wildman–Crippen LogP) is 5.33. The summed E-state index contributed by atoms with van der Waals surface area (Å²) in [6, 6.07) is 19.1. The van der Waals surface area contributed by atoms with E-state index < -0.39 is 9.85 Å². The first kappa shape index (κ1) is 20.0. The van der Waals surface area contributed by atoms with Gasteiger partial charge in [-0.25, -0.2) is 0 Å². The van der Waals surface area contributed by atoms with Gasteiger partial charge in [-0.3, -0.25) is 20.2 Å². The minimum Gasteiger partial charge on any atom is -0.362 e. The smallest absolute Gasteiger partial charge is 0.269 e. The Kier molecular flexibility index (Phi) is 5.87. The van der Waals surface area contributed by atoms with Crippen LogP contribution in [0, 0.1) is 34.1 Å². The molecule has 0 N–H and O–H groups in total. The van der Waals surface area contributed by atoms with Gasteiger partial charge < -0.3 is 4.90 Å². The number of nitrogens with zero attached hydrogens (tertiary/aromatic N) is 3. The molecule has 0 aromatic heterocycles. The highest BCUT2D eigenvalue weighted by atomic mass is 16.6. The third-order valence-corrected chi connectivity index (χ3v) is 4.80. The summed E-state index contributed by atoms with van der Waals surface area (Å²) in [7, 11) is 0. The highest BCUT2D eigenvalue weighted by Gasteiger charge is 2.15. The van der Waals surface area contributed by atoms with Crippen molar-refractivity contribution in [2.24, 2.45) is 0 Å². The summed E-state index contributed by atoms with van der Waals surface area (Å²) in [5, 5.41) is 21.8. The van der Waals surface area contributed by atoms with E-state index in [0.29, 0.717) is 13.1 Å². The van der Waals surface area contributed by atoms with Crippen molar-refractivity contribution in [1.29, 1.82) is 0 Å². The number of benzene rings is 3. The second-order valence-corrected chi connectivity index (χ2v) is 6.94. The van der Waals surface area contributed by atoms with Crippen molar-refractivity contribution in [1.82, 2.24) is 0 Å². The minimum atomic E-state index is -0.413. The molecular formula is C22H21N3O4. The van der Waals surface area contributed by atoms with E-state index in [2.05, 4.69) is 4.90 Å². The number of anilines is 1. The van der Waals surface area contributed by atoms with Gasteiger partial charge in [0.25, 0.3) is 11.4 Å². The van der Waals surface area contributed by atoms with Crippen molar-refractivity contribution >= 4 is 17.1 Å². The largest absolute Gasteiger partial charge is 0.362 e. The summed E-state index contributed by atoms with van der Waals surface area (Å²) in [6.45, 7) is 5.20. The van der Waals surface area contributed by atoms with Crippen molar-refractivity contribution in [3.05, 3.63) is 109 Å². The zero-order valence-electron chi connectivity index (χ0n) is 16.2. The normalized spacial score (nSPS) is 10.6. The highest BCUT2D eigenvalue weighted by Crippen LogP contribution is 2.28. The van der Waals surface area contributed by atoms with Crippen LogP contribution >= 0.6 is 0 Å². The Morgan fingerprint density at radius 2 is 1.07 bits per heavy atom. The fourth-order valence-corrected chi connectivity index (χ4v) is 3.41. The Bertz CT molecular complexity index is 951. The summed E-state index contributed by atoms with van der Waals surface area (Å²) < 4.78 is 0. The molecule has 7 nitrogen and oxygen atoms in total. The molecule has 0 amide bonds. The molecule has 0 spiro atoms. The lowest BCUT2D eigenvalue weighted by Gasteiger charge is -2.28. The molecular weight excluding hydrogens is 370 g/mol. The van der Waals surface area contributed by atoms with Gasteiger partial charge in [0, 0.05) is 43.0 Å². The third kappa shape index (κ3) is 4.76. The Morgan fingerprint density at radius 1 is 0.690 bits per heavy atom. The van der Waals surface area contributed by atoms with Crippen molar-refractivity contribution in [3.8, 4) is 0 Å². The maximum atomic E-state index is 10.9. The predicted molar refractivity (Wildman–Crippen MR) is 112 cm³/mol. The van der Waals surface area contributed by atoms with Crippen LogP contribution in [0.2, 0.25) is 0 Å². The molecule has 0 bridgehead atoms. The van der Waals surface area contributed by atoms with Crippen LogP contribution in [0.1, 0.15) is 22.3 Å². The summed E-state index contributed by atoms with van der Waals surface area (Å²) in [5.41, 5.74) is 5.33. The van der Waals surface area contributed by atoms with Gasteiger partial charge in [0.2, 0.25) is 0 Å². The molecule has 29 heavy (non-hydrogen) atoms. The molecule has 3 aromatic rings. The van der Waals surface area contributed by atoms with Gasteiger partial charge >= 0.3 is 0 Å². The van der Waals surface area contributed by atoms with Crippen molar-refractivity contribution in [3.63, 3.8) is 0 Å². The van der Waals surface area contributed by atoms with Crippen molar-refractivity contribution < 1.29 is 9.85 Å². The molecule has 0 radical (unpaired) electrons. The average molecular weight is 391 g/mol. The Hall–Kier alpha value is -3.74. The van der Waals surface area contributed by atoms with Gasteiger partial charge in [0.1, 0.15) is 0 Å². The number of nitro groups is 2. The number of non-ortho nitro benzene ring substituents is 2. The molecule has 0 aliphatic heterocycles. The van der Waals surface area contributed by atoms with Crippen LogP contribution in [0.4, 0.5) is 17.1 Å². The van der Waals surface area contributed by atoms with Crippen molar-refractivity contribution in [2.75, 3.05) is 4.90 Å². The van der Waals surface area contributed by atoms with E-state index in [9.17, 15) is 20.2 Å².